The van der Waals surface area contributed by atoms with Gasteiger partial charge in [0.25, 0.3) is 0 Å². The van der Waals surface area contributed by atoms with Crippen molar-refractivity contribution in [2.45, 2.75) is 58.4 Å². The maximum Gasteiger partial charge on any atom is 0.141 e. The van der Waals surface area contributed by atoms with Gasteiger partial charge in [0.2, 0.25) is 0 Å². The van der Waals surface area contributed by atoms with E-state index in [1.807, 2.05) is 0 Å². The summed E-state index contributed by atoms with van der Waals surface area (Å²) in [5.74, 6) is 1.49. The molecule has 1 N–H and O–H groups in total. The van der Waals surface area contributed by atoms with Crippen molar-refractivity contribution < 1.29 is 4.39 Å². The van der Waals surface area contributed by atoms with Crippen molar-refractivity contribution in [3.8, 4) is 0 Å². The Hall–Kier alpha value is -0.960. The molecule has 0 bridgehead atoms. The van der Waals surface area contributed by atoms with Crippen molar-refractivity contribution >= 4 is 0 Å². The molecule has 2 nitrogen and oxygen atoms in total. The molecule has 1 aromatic heterocycles. The van der Waals surface area contributed by atoms with Gasteiger partial charge in [-0.3, -0.25) is 4.98 Å². The van der Waals surface area contributed by atoms with Crippen molar-refractivity contribution in [3.05, 3.63) is 29.8 Å². The smallest absolute Gasteiger partial charge is 0.141 e. The maximum absolute atomic E-state index is 12.9. The van der Waals surface area contributed by atoms with Gasteiger partial charge in [-0.1, -0.05) is 33.1 Å². The van der Waals surface area contributed by atoms with Gasteiger partial charge in [0.1, 0.15) is 5.82 Å². The molecule has 0 aliphatic heterocycles. The molecule has 0 spiro atoms. The van der Waals surface area contributed by atoms with Gasteiger partial charge in [0, 0.05) is 6.04 Å². The topological polar surface area (TPSA) is 24.9 Å². The largest absolute Gasteiger partial charge is 0.308 e. The van der Waals surface area contributed by atoms with E-state index in [1.54, 1.807) is 6.07 Å². The zero-order valence-corrected chi connectivity index (χ0v) is 12.7. The Morgan fingerprint density at radius 3 is 2.45 bits per heavy atom. The van der Waals surface area contributed by atoms with Crippen molar-refractivity contribution in [2.75, 3.05) is 6.54 Å². The van der Waals surface area contributed by atoms with Crippen LogP contribution in [0.15, 0.2) is 18.3 Å². The predicted molar refractivity (Wildman–Crippen MR) is 81.0 cm³/mol. The minimum atomic E-state index is -0.263. The van der Waals surface area contributed by atoms with Gasteiger partial charge >= 0.3 is 0 Å². The summed E-state index contributed by atoms with van der Waals surface area (Å²) in [4.78, 5) is 4.20. The lowest BCUT2D eigenvalue weighted by atomic mass is 9.81. The highest BCUT2D eigenvalue weighted by atomic mass is 19.1. The molecule has 1 fully saturated rings. The molecular weight excluding hydrogens is 251 g/mol. The third-order valence-corrected chi connectivity index (χ3v) is 4.71. The van der Waals surface area contributed by atoms with Crippen LogP contribution in [0.4, 0.5) is 4.39 Å². The predicted octanol–water partition coefficient (Wildman–Crippen LogP) is 4.48. The van der Waals surface area contributed by atoms with E-state index in [0.717, 1.165) is 30.5 Å². The van der Waals surface area contributed by atoms with Gasteiger partial charge in [-0.15, -0.1) is 0 Å². The summed E-state index contributed by atoms with van der Waals surface area (Å²) in [6.07, 6.45) is 9.09. The van der Waals surface area contributed by atoms with E-state index in [-0.39, 0.29) is 11.9 Å². The highest BCUT2D eigenvalue weighted by Crippen LogP contribution is 2.30. The van der Waals surface area contributed by atoms with E-state index in [4.69, 9.17) is 0 Å². The van der Waals surface area contributed by atoms with Crippen molar-refractivity contribution in [1.29, 1.82) is 0 Å². The average molecular weight is 278 g/mol. The van der Waals surface area contributed by atoms with Crippen LogP contribution in [0.2, 0.25) is 0 Å². The van der Waals surface area contributed by atoms with E-state index in [1.165, 1.54) is 44.4 Å². The Bertz CT molecular complexity index is 382. The lowest BCUT2D eigenvalue weighted by molar-refractivity contribution is 0.255. The summed E-state index contributed by atoms with van der Waals surface area (Å²) < 4.78 is 12.9. The monoisotopic (exact) mass is 278 g/mol. The number of nitrogens with one attached hydrogen (secondary N) is 1. The molecule has 1 aromatic rings. The first-order valence-corrected chi connectivity index (χ1v) is 8.07. The normalized spacial score (nSPS) is 24.6. The van der Waals surface area contributed by atoms with Gasteiger partial charge in [0.05, 0.1) is 11.9 Å². The molecule has 1 aliphatic carbocycles. The fourth-order valence-corrected chi connectivity index (χ4v) is 3.20. The summed E-state index contributed by atoms with van der Waals surface area (Å²) in [6, 6.07) is 3.54. The molecule has 3 heteroatoms. The average Bonchev–Trinajstić information content (AvgIpc) is 2.50. The van der Waals surface area contributed by atoms with Crippen LogP contribution in [-0.4, -0.2) is 11.5 Å². The van der Waals surface area contributed by atoms with Crippen LogP contribution in [-0.2, 0) is 0 Å². The Kier molecular flexibility index (Phi) is 5.96. The molecule has 1 atom stereocenters. The minimum Gasteiger partial charge on any atom is -0.308 e. The van der Waals surface area contributed by atoms with E-state index < -0.39 is 0 Å². The highest BCUT2D eigenvalue weighted by molar-refractivity contribution is 5.09. The highest BCUT2D eigenvalue weighted by Gasteiger charge is 2.21. The molecule has 112 valence electrons. The third kappa shape index (κ3) is 4.27. The first-order chi connectivity index (χ1) is 9.72. The molecule has 0 aromatic carbocycles. The molecular formula is C17H27FN2. The second-order valence-corrected chi connectivity index (χ2v) is 6.07. The summed E-state index contributed by atoms with van der Waals surface area (Å²) in [7, 11) is 0. The van der Waals surface area contributed by atoms with Crippen LogP contribution >= 0.6 is 0 Å². The van der Waals surface area contributed by atoms with Gasteiger partial charge in [-0.05, 0) is 49.8 Å². The summed E-state index contributed by atoms with van der Waals surface area (Å²) in [6.45, 7) is 5.52. The molecule has 1 unspecified atom stereocenters. The van der Waals surface area contributed by atoms with Crippen LogP contribution in [0.5, 0.6) is 0 Å². The standard InChI is InChI=1S/C17H27FN2/c1-3-13-5-7-14(8-6-13)11-19-16(4-2)17-10-9-15(18)12-20-17/h9-10,12-14,16,19H,3-8,11H2,1-2H3. The van der Waals surface area contributed by atoms with E-state index >= 15 is 0 Å². The van der Waals surface area contributed by atoms with Crippen molar-refractivity contribution in [3.63, 3.8) is 0 Å². The Morgan fingerprint density at radius 2 is 1.90 bits per heavy atom. The zero-order valence-electron chi connectivity index (χ0n) is 12.7. The van der Waals surface area contributed by atoms with Gasteiger partial charge < -0.3 is 5.32 Å². The maximum atomic E-state index is 12.9. The molecule has 1 aliphatic rings. The van der Waals surface area contributed by atoms with Crippen molar-refractivity contribution in [2.24, 2.45) is 11.8 Å². The number of pyridine rings is 1. The van der Waals surface area contributed by atoms with Crippen LogP contribution in [0, 0.1) is 17.7 Å². The Morgan fingerprint density at radius 1 is 1.20 bits per heavy atom. The summed E-state index contributed by atoms with van der Waals surface area (Å²) in [5.41, 5.74) is 0.955. The number of rotatable bonds is 6. The summed E-state index contributed by atoms with van der Waals surface area (Å²) >= 11 is 0. The molecule has 1 saturated carbocycles. The fraction of sp³-hybridized carbons (Fsp3) is 0.706. The van der Waals surface area contributed by atoms with E-state index in [0.29, 0.717) is 0 Å². The van der Waals surface area contributed by atoms with Gasteiger partial charge in [-0.2, -0.15) is 0 Å². The summed E-state index contributed by atoms with van der Waals surface area (Å²) in [5, 5.41) is 3.62. The van der Waals surface area contributed by atoms with Crippen LogP contribution in [0.1, 0.15) is 64.1 Å². The molecule has 0 radical (unpaired) electrons. The fourth-order valence-electron chi connectivity index (χ4n) is 3.20. The molecule has 20 heavy (non-hydrogen) atoms. The SMILES string of the molecule is CCC1CCC(CNC(CC)c2ccc(F)cn2)CC1. The number of hydrogen-bond acceptors (Lipinski definition) is 2. The minimum absolute atomic E-state index is 0.250. The molecule has 2 rings (SSSR count). The number of hydrogen-bond donors (Lipinski definition) is 1. The Balaban J connectivity index is 1.81. The molecule has 1 heterocycles. The lowest BCUT2D eigenvalue weighted by Gasteiger charge is -2.29. The van der Waals surface area contributed by atoms with E-state index in [2.05, 4.69) is 24.1 Å². The van der Waals surface area contributed by atoms with E-state index in [9.17, 15) is 4.39 Å². The number of aromatic nitrogens is 1. The van der Waals surface area contributed by atoms with Gasteiger partial charge in [-0.25, -0.2) is 4.39 Å². The number of halogens is 1. The Labute approximate surface area is 122 Å². The van der Waals surface area contributed by atoms with Crippen LogP contribution in [0.25, 0.3) is 0 Å². The zero-order chi connectivity index (χ0) is 14.4. The quantitative estimate of drug-likeness (QED) is 0.830. The van der Waals surface area contributed by atoms with Crippen LogP contribution < -0.4 is 5.32 Å². The second kappa shape index (κ2) is 7.72. The molecule has 0 amide bonds. The second-order valence-electron chi connectivity index (χ2n) is 6.07. The first-order valence-electron chi connectivity index (χ1n) is 8.07. The van der Waals surface area contributed by atoms with Crippen molar-refractivity contribution in [1.82, 2.24) is 10.3 Å². The van der Waals surface area contributed by atoms with Gasteiger partial charge in [0.15, 0.2) is 0 Å². The first kappa shape index (κ1) is 15.4. The number of nitrogens with zero attached hydrogens (tertiary/aromatic N) is 1. The lowest BCUT2D eigenvalue weighted by Crippen LogP contribution is -2.30. The molecule has 0 saturated heterocycles. The third-order valence-electron chi connectivity index (χ3n) is 4.71. The van der Waals surface area contributed by atoms with Crippen LogP contribution in [0.3, 0.4) is 0 Å².